The minimum Gasteiger partial charge on any atom is -0.368 e. The molecule has 0 saturated heterocycles. The number of rotatable bonds is 4. The maximum absolute atomic E-state index is 5.67. The smallest absolute Gasteiger partial charge is 0.158 e. The average molecular weight is 307 g/mol. The largest absolute Gasteiger partial charge is 0.368 e. The summed E-state index contributed by atoms with van der Waals surface area (Å²) in [4.78, 5) is 4.82. The fourth-order valence-electron chi connectivity index (χ4n) is 3.31. The Morgan fingerprint density at radius 3 is 3.00 bits per heavy atom. The van der Waals surface area contributed by atoms with Crippen molar-refractivity contribution in [3.8, 4) is 11.3 Å². The third-order valence-corrected chi connectivity index (χ3v) is 4.38. The van der Waals surface area contributed by atoms with E-state index >= 15 is 0 Å². The van der Waals surface area contributed by atoms with E-state index in [4.69, 9.17) is 15.8 Å². The van der Waals surface area contributed by atoms with Crippen LogP contribution in [-0.2, 0) is 12.8 Å². The van der Waals surface area contributed by atoms with Crippen molar-refractivity contribution in [3.63, 3.8) is 0 Å². The van der Waals surface area contributed by atoms with Gasteiger partial charge in [-0.25, -0.2) is 4.98 Å². The highest BCUT2D eigenvalue weighted by atomic mass is 15.3. The Balaban J connectivity index is 1.88. The second-order valence-electron chi connectivity index (χ2n) is 6.12. The highest BCUT2D eigenvalue weighted by molar-refractivity contribution is 5.67. The molecule has 3 aromatic rings. The van der Waals surface area contributed by atoms with Crippen molar-refractivity contribution < 1.29 is 0 Å². The van der Waals surface area contributed by atoms with Gasteiger partial charge < -0.3 is 11.1 Å². The maximum Gasteiger partial charge on any atom is 0.158 e. The molecule has 0 atom stereocenters. The second-order valence-corrected chi connectivity index (χ2v) is 6.12. The molecule has 0 spiro atoms. The third-order valence-electron chi connectivity index (χ3n) is 4.38. The Bertz CT molecular complexity index is 865. The number of nitrogens with two attached hydrogens (primary N) is 1. The average Bonchev–Trinajstić information content (AvgIpc) is 3.17. The summed E-state index contributed by atoms with van der Waals surface area (Å²) in [5, 5.41) is 8.25. The van der Waals surface area contributed by atoms with Crippen molar-refractivity contribution in [1.29, 1.82) is 0 Å². The molecule has 4 rings (SSSR count). The Kier molecular flexibility index (Phi) is 3.50. The summed E-state index contributed by atoms with van der Waals surface area (Å²) in [6, 6.07) is 10.5. The second kappa shape index (κ2) is 5.66. The molecule has 0 unspecified atom stereocenters. The lowest BCUT2D eigenvalue weighted by atomic mass is 10.1. The molecule has 1 aromatic carbocycles. The summed E-state index contributed by atoms with van der Waals surface area (Å²) in [7, 11) is 0. The summed E-state index contributed by atoms with van der Waals surface area (Å²) >= 11 is 0. The summed E-state index contributed by atoms with van der Waals surface area (Å²) in [6.07, 6.45) is 3.27. The predicted octanol–water partition coefficient (Wildman–Crippen LogP) is 2.56. The van der Waals surface area contributed by atoms with Crippen LogP contribution in [0.4, 0.5) is 5.82 Å². The zero-order chi connectivity index (χ0) is 15.8. The van der Waals surface area contributed by atoms with Crippen LogP contribution in [-0.4, -0.2) is 27.7 Å². The van der Waals surface area contributed by atoms with Crippen LogP contribution in [0.25, 0.3) is 16.9 Å². The normalized spacial score (nSPS) is 13.5. The zero-order valence-electron chi connectivity index (χ0n) is 13.3. The Morgan fingerprint density at radius 2 is 2.17 bits per heavy atom. The molecule has 1 aliphatic rings. The van der Waals surface area contributed by atoms with Crippen LogP contribution in [0.15, 0.2) is 30.3 Å². The minimum atomic E-state index is 0.602. The molecule has 118 valence electrons. The number of fused-ring (bicyclic) bond motifs is 2. The third kappa shape index (κ3) is 2.47. The highest BCUT2D eigenvalue weighted by Gasteiger charge is 2.21. The van der Waals surface area contributed by atoms with E-state index in [2.05, 4.69) is 42.6 Å². The number of nitrogens with one attached hydrogen (secondary N) is 1. The molecule has 0 fully saturated rings. The highest BCUT2D eigenvalue weighted by Crippen LogP contribution is 2.30. The van der Waals surface area contributed by atoms with Crippen molar-refractivity contribution in [2.75, 3.05) is 18.4 Å². The van der Waals surface area contributed by atoms with E-state index in [9.17, 15) is 0 Å². The first-order valence-corrected chi connectivity index (χ1v) is 8.19. The standard InChI is InChI=1S/C18H21N5/c1-12-4-2-5-13(10-12)16-11-17-21-15-7-3-6-14(15)18(20-9-8-19)23(17)22-16/h2,4-5,10-11,20H,3,6-9,19H2,1H3. The molecule has 0 saturated carbocycles. The Morgan fingerprint density at radius 1 is 1.26 bits per heavy atom. The minimum absolute atomic E-state index is 0.602. The molecule has 23 heavy (non-hydrogen) atoms. The van der Waals surface area contributed by atoms with Crippen molar-refractivity contribution in [2.45, 2.75) is 26.2 Å². The van der Waals surface area contributed by atoms with Gasteiger partial charge in [0.25, 0.3) is 0 Å². The van der Waals surface area contributed by atoms with Crippen LogP contribution in [0.3, 0.4) is 0 Å². The summed E-state index contributed by atoms with van der Waals surface area (Å²) in [5.74, 6) is 1.06. The lowest BCUT2D eigenvalue weighted by Crippen LogP contribution is -2.17. The molecule has 0 amide bonds. The predicted molar refractivity (Wildman–Crippen MR) is 92.7 cm³/mol. The van der Waals surface area contributed by atoms with E-state index in [-0.39, 0.29) is 0 Å². The number of anilines is 1. The van der Waals surface area contributed by atoms with Gasteiger partial charge in [-0.15, -0.1) is 0 Å². The van der Waals surface area contributed by atoms with Crippen molar-refractivity contribution >= 4 is 11.5 Å². The molecule has 2 aromatic heterocycles. The molecule has 5 heteroatoms. The molecule has 3 N–H and O–H groups in total. The van der Waals surface area contributed by atoms with E-state index in [1.807, 2.05) is 4.52 Å². The van der Waals surface area contributed by atoms with Crippen molar-refractivity contribution in [1.82, 2.24) is 14.6 Å². The lowest BCUT2D eigenvalue weighted by molar-refractivity contribution is 0.894. The lowest BCUT2D eigenvalue weighted by Gasteiger charge is -2.12. The molecule has 0 radical (unpaired) electrons. The number of hydrogen-bond acceptors (Lipinski definition) is 4. The molecular weight excluding hydrogens is 286 g/mol. The summed E-state index contributed by atoms with van der Waals surface area (Å²) in [5.41, 5.74) is 12.4. The Hall–Kier alpha value is -2.40. The van der Waals surface area contributed by atoms with Gasteiger partial charge in [0.15, 0.2) is 5.65 Å². The fraction of sp³-hybridized carbons (Fsp3) is 0.333. The van der Waals surface area contributed by atoms with Gasteiger partial charge in [0.2, 0.25) is 0 Å². The van der Waals surface area contributed by atoms with Crippen LogP contribution in [0, 0.1) is 6.92 Å². The van der Waals surface area contributed by atoms with Crippen LogP contribution in [0.1, 0.15) is 23.2 Å². The van der Waals surface area contributed by atoms with E-state index in [1.54, 1.807) is 0 Å². The first kappa shape index (κ1) is 14.2. The first-order valence-electron chi connectivity index (χ1n) is 8.19. The quantitative estimate of drug-likeness (QED) is 0.777. The maximum atomic E-state index is 5.67. The van der Waals surface area contributed by atoms with Crippen LogP contribution >= 0.6 is 0 Å². The van der Waals surface area contributed by atoms with Gasteiger partial charge in [-0.2, -0.15) is 9.61 Å². The van der Waals surface area contributed by atoms with Crippen molar-refractivity contribution in [2.24, 2.45) is 5.73 Å². The van der Waals surface area contributed by atoms with Crippen LogP contribution in [0.5, 0.6) is 0 Å². The number of nitrogens with zero attached hydrogens (tertiary/aromatic N) is 3. The van der Waals surface area contributed by atoms with Gasteiger partial charge in [-0.1, -0.05) is 23.8 Å². The molecule has 5 nitrogen and oxygen atoms in total. The SMILES string of the molecule is Cc1cccc(-c2cc3nc4c(c(NCCN)n3n2)CCC4)c1. The van der Waals surface area contributed by atoms with E-state index in [0.29, 0.717) is 6.54 Å². The molecule has 0 aliphatic heterocycles. The van der Waals surface area contributed by atoms with E-state index in [0.717, 1.165) is 48.5 Å². The van der Waals surface area contributed by atoms with Crippen molar-refractivity contribution in [3.05, 3.63) is 47.2 Å². The number of benzene rings is 1. The van der Waals surface area contributed by atoms with Gasteiger partial charge in [-0.3, -0.25) is 0 Å². The van der Waals surface area contributed by atoms with Gasteiger partial charge in [0.05, 0.1) is 5.69 Å². The van der Waals surface area contributed by atoms with Gasteiger partial charge in [-0.05, 0) is 32.3 Å². The topological polar surface area (TPSA) is 68.2 Å². The summed E-state index contributed by atoms with van der Waals surface area (Å²) < 4.78 is 1.94. The Labute approximate surface area is 135 Å². The zero-order valence-corrected chi connectivity index (χ0v) is 13.3. The van der Waals surface area contributed by atoms with Gasteiger partial charge >= 0.3 is 0 Å². The fourth-order valence-corrected chi connectivity index (χ4v) is 3.31. The number of hydrogen-bond donors (Lipinski definition) is 2. The molecule has 0 bridgehead atoms. The number of aromatic nitrogens is 3. The van der Waals surface area contributed by atoms with Gasteiger partial charge in [0, 0.05) is 36.0 Å². The number of aryl methyl sites for hydroxylation is 2. The molecule has 2 heterocycles. The van der Waals surface area contributed by atoms with E-state index < -0.39 is 0 Å². The first-order chi connectivity index (χ1) is 11.3. The van der Waals surface area contributed by atoms with Gasteiger partial charge in [0.1, 0.15) is 5.82 Å². The molecular formula is C18H21N5. The summed E-state index contributed by atoms with van der Waals surface area (Å²) in [6.45, 7) is 3.44. The van der Waals surface area contributed by atoms with E-state index in [1.165, 1.54) is 16.8 Å². The monoisotopic (exact) mass is 307 g/mol. The van der Waals surface area contributed by atoms with Crippen LogP contribution < -0.4 is 11.1 Å². The van der Waals surface area contributed by atoms with Crippen LogP contribution in [0.2, 0.25) is 0 Å². The molecule has 1 aliphatic carbocycles.